The van der Waals surface area contributed by atoms with Crippen LogP contribution in [0.15, 0.2) is 48.5 Å². The molecule has 0 heterocycles. The Kier molecular flexibility index (Phi) is 6.68. The number of ether oxygens (including phenoxy) is 2. The quantitative estimate of drug-likeness (QED) is 0.689. The van der Waals surface area contributed by atoms with E-state index in [4.69, 9.17) is 32.7 Å². The summed E-state index contributed by atoms with van der Waals surface area (Å²) in [5.74, 6) is 0. The molecule has 0 spiro atoms. The van der Waals surface area contributed by atoms with Crippen LogP contribution in [-0.2, 0) is 22.7 Å². The van der Waals surface area contributed by atoms with Crippen molar-refractivity contribution >= 4 is 23.2 Å². The molecule has 0 saturated carbocycles. The number of rotatable bonds is 7. The van der Waals surface area contributed by atoms with Crippen molar-refractivity contribution in [3.8, 4) is 0 Å². The van der Waals surface area contributed by atoms with E-state index in [1.807, 2.05) is 67.5 Å². The van der Waals surface area contributed by atoms with Gasteiger partial charge in [0, 0.05) is 10.0 Å². The van der Waals surface area contributed by atoms with Crippen molar-refractivity contribution in [3.63, 3.8) is 0 Å². The molecule has 0 N–H and O–H groups in total. The van der Waals surface area contributed by atoms with Crippen molar-refractivity contribution in [2.75, 3.05) is 14.1 Å². The van der Waals surface area contributed by atoms with Crippen LogP contribution < -0.4 is 0 Å². The van der Waals surface area contributed by atoms with Crippen molar-refractivity contribution < 1.29 is 9.47 Å². The second-order valence-corrected chi connectivity index (χ2v) is 5.89. The highest BCUT2D eigenvalue weighted by Gasteiger charge is 2.14. The molecule has 0 aliphatic carbocycles. The molecular weight excluding hydrogens is 321 g/mol. The first-order chi connectivity index (χ1) is 10.6. The molecule has 0 amide bonds. The van der Waals surface area contributed by atoms with Crippen molar-refractivity contribution in [2.24, 2.45) is 0 Å². The standard InChI is InChI=1S/C17H19Cl2NO2/c1-20(2)17(21-11-13-7-3-5-9-15(13)18)22-12-14-8-4-6-10-16(14)19/h3-10,17H,11-12H2,1-2H3. The summed E-state index contributed by atoms with van der Waals surface area (Å²) in [6.45, 7) is 0.760. The normalized spacial score (nSPS) is 11.4. The highest BCUT2D eigenvalue weighted by molar-refractivity contribution is 6.31. The topological polar surface area (TPSA) is 21.7 Å². The summed E-state index contributed by atoms with van der Waals surface area (Å²) in [6.07, 6.45) is -0.479. The lowest BCUT2D eigenvalue weighted by Crippen LogP contribution is -2.33. The van der Waals surface area contributed by atoms with Crippen LogP contribution in [-0.4, -0.2) is 25.4 Å². The average molecular weight is 340 g/mol. The van der Waals surface area contributed by atoms with Crippen LogP contribution in [0.1, 0.15) is 11.1 Å². The minimum Gasteiger partial charge on any atom is -0.335 e. The monoisotopic (exact) mass is 339 g/mol. The van der Waals surface area contributed by atoms with Gasteiger partial charge in [-0.1, -0.05) is 59.6 Å². The fraction of sp³-hybridized carbons (Fsp3) is 0.294. The third kappa shape index (κ3) is 4.97. The molecule has 0 radical (unpaired) electrons. The summed E-state index contributed by atoms with van der Waals surface area (Å²) in [5, 5.41) is 1.37. The first kappa shape index (κ1) is 17.3. The SMILES string of the molecule is CN(C)C(OCc1ccccc1Cl)OCc1ccccc1Cl. The molecule has 0 aliphatic rings. The van der Waals surface area contributed by atoms with Crippen molar-refractivity contribution in [1.82, 2.24) is 4.90 Å². The van der Waals surface area contributed by atoms with Crippen LogP contribution in [0.3, 0.4) is 0 Å². The Bertz CT molecular complexity index is 555. The molecule has 2 aromatic rings. The van der Waals surface area contributed by atoms with Crippen LogP contribution in [0, 0.1) is 0 Å². The number of hydrogen-bond acceptors (Lipinski definition) is 3. The summed E-state index contributed by atoms with van der Waals surface area (Å²) in [4.78, 5) is 1.85. The highest BCUT2D eigenvalue weighted by atomic mass is 35.5. The molecule has 22 heavy (non-hydrogen) atoms. The van der Waals surface area contributed by atoms with Gasteiger partial charge in [-0.3, -0.25) is 4.90 Å². The zero-order valence-electron chi connectivity index (χ0n) is 12.6. The predicted octanol–water partition coefficient (Wildman–Crippen LogP) is 4.57. The van der Waals surface area contributed by atoms with E-state index in [0.717, 1.165) is 11.1 Å². The molecule has 5 heteroatoms. The van der Waals surface area contributed by atoms with Gasteiger partial charge in [-0.2, -0.15) is 0 Å². The molecule has 2 rings (SSSR count). The van der Waals surface area contributed by atoms with E-state index in [-0.39, 0.29) is 0 Å². The van der Waals surface area contributed by atoms with E-state index in [1.165, 1.54) is 0 Å². The van der Waals surface area contributed by atoms with E-state index in [2.05, 4.69) is 0 Å². The molecule has 0 fully saturated rings. The summed E-state index contributed by atoms with van der Waals surface area (Å²) in [6, 6.07) is 15.2. The summed E-state index contributed by atoms with van der Waals surface area (Å²) in [5.41, 5.74) is 1.86. The largest absolute Gasteiger partial charge is 0.335 e. The van der Waals surface area contributed by atoms with Crippen LogP contribution in [0.2, 0.25) is 10.0 Å². The van der Waals surface area contributed by atoms with E-state index in [1.54, 1.807) is 0 Å². The molecule has 118 valence electrons. The van der Waals surface area contributed by atoms with Gasteiger partial charge in [-0.25, -0.2) is 0 Å². The zero-order valence-corrected chi connectivity index (χ0v) is 14.1. The molecule has 0 aliphatic heterocycles. The van der Waals surface area contributed by atoms with E-state index >= 15 is 0 Å². The van der Waals surface area contributed by atoms with Gasteiger partial charge in [0.2, 0.25) is 6.41 Å². The van der Waals surface area contributed by atoms with Gasteiger partial charge in [-0.15, -0.1) is 0 Å². The predicted molar refractivity (Wildman–Crippen MR) is 90.0 cm³/mol. The molecule has 0 unspecified atom stereocenters. The Morgan fingerprint density at radius 2 is 1.23 bits per heavy atom. The fourth-order valence-corrected chi connectivity index (χ4v) is 2.28. The fourth-order valence-electron chi connectivity index (χ4n) is 1.90. The molecular formula is C17H19Cl2NO2. The van der Waals surface area contributed by atoms with E-state index < -0.39 is 6.41 Å². The number of nitrogens with zero attached hydrogens (tertiary/aromatic N) is 1. The van der Waals surface area contributed by atoms with E-state index in [9.17, 15) is 0 Å². The number of halogens is 2. The highest BCUT2D eigenvalue weighted by Crippen LogP contribution is 2.19. The van der Waals surface area contributed by atoms with Gasteiger partial charge < -0.3 is 9.47 Å². The Labute approximate surface area is 141 Å². The zero-order chi connectivity index (χ0) is 15.9. The summed E-state index contributed by atoms with van der Waals surface area (Å²) in [7, 11) is 3.79. The Hall–Kier alpha value is -1.10. The van der Waals surface area contributed by atoms with Crippen molar-refractivity contribution in [3.05, 3.63) is 69.7 Å². The third-order valence-electron chi connectivity index (χ3n) is 3.10. The van der Waals surface area contributed by atoms with Gasteiger partial charge in [0.1, 0.15) is 0 Å². The first-order valence-electron chi connectivity index (χ1n) is 6.94. The minimum atomic E-state index is -0.479. The smallest absolute Gasteiger partial charge is 0.218 e. The number of benzene rings is 2. The van der Waals surface area contributed by atoms with Crippen molar-refractivity contribution in [2.45, 2.75) is 19.6 Å². The van der Waals surface area contributed by atoms with Gasteiger partial charge in [0.25, 0.3) is 0 Å². The average Bonchev–Trinajstić information content (AvgIpc) is 2.50. The molecule has 3 nitrogen and oxygen atoms in total. The van der Waals surface area contributed by atoms with E-state index in [0.29, 0.717) is 23.3 Å². The molecule has 0 bridgehead atoms. The molecule has 0 saturated heterocycles. The minimum absolute atomic E-state index is 0.380. The first-order valence-corrected chi connectivity index (χ1v) is 7.70. The number of hydrogen-bond donors (Lipinski definition) is 0. The van der Waals surface area contributed by atoms with Crippen LogP contribution in [0.25, 0.3) is 0 Å². The Morgan fingerprint density at radius 3 is 1.59 bits per heavy atom. The molecule has 2 aromatic carbocycles. The van der Waals surface area contributed by atoms with Gasteiger partial charge in [-0.05, 0) is 37.4 Å². The Morgan fingerprint density at radius 1 is 0.818 bits per heavy atom. The van der Waals surface area contributed by atoms with Gasteiger partial charge >= 0.3 is 0 Å². The van der Waals surface area contributed by atoms with Crippen molar-refractivity contribution in [1.29, 1.82) is 0 Å². The maximum Gasteiger partial charge on any atom is 0.218 e. The lowest BCUT2D eigenvalue weighted by atomic mass is 10.2. The molecule has 0 atom stereocenters. The Balaban J connectivity index is 1.93. The van der Waals surface area contributed by atoms with Gasteiger partial charge in [0.15, 0.2) is 0 Å². The lowest BCUT2D eigenvalue weighted by molar-refractivity contribution is -0.223. The maximum absolute atomic E-state index is 6.13. The van der Waals surface area contributed by atoms with Gasteiger partial charge in [0.05, 0.1) is 13.2 Å². The third-order valence-corrected chi connectivity index (χ3v) is 3.84. The lowest BCUT2D eigenvalue weighted by Gasteiger charge is -2.25. The molecule has 0 aromatic heterocycles. The van der Waals surface area contributed by atoms with Crippen LogP contribution in [0.5, 0.6) is 0 Å². The van der Waals surface area contributed by atoms with Crippen LogP contribution in [0.4, 0.5) is 0 Å². The summed E-state index contributed by atoms with van der Waals surface area (Å²) >= 11 is 12.3. The second-order valence-electron chi connectivity index (χ2n) is 5.08. The summed E-state index contributed by atoms with van der Waals surface area (Å²) < 4.78 is 11.6. The second kappa shape index (κ2) is 8.51. The maximum atomic E-state index is 6.13. The van der Waals surface area contributed by atoms with Crippen LogP contribution >= 0.6 is 23.2 Å².